The van der Waals surface area contributed by atoms with Crippen LogP contribution in [0.25, 0.3) is 0 Å². The molecular weight excluding hydrogens is 351 g/mol. The fourth-order valence-corrected chi connectivity index (χ4v) is 2.91. The van der Waals surface area contributed by atoms with E-state index in [0.717, 1.165) is 25.7 Å². The van der Waals surface area contributed by atoms with Crippen LogP contribution in [0.15, 0.2) is 47.4 Å². The zero-order valence-corrected chi connectivity index (χ0v) is 17.4. The number of hydrogen-bond acceptors (Lipinski definition) is 4. The molecule has 2 rings (SSSR count). The molecule has 0 aromatic heterocycles. The standard InChI is InChI=1S/C18H22O5S.Na/c1-2-3-4-5-7-14-12-16(10-11-18(14)19)23-15-8-6-9-17(13-15)24(20,21)22;/h6,8-13,19H,2-5,7H2,1H3,(H,20,21,22);/q;+1/p-1. The Bertz CT molecular complexity index is 790. The Morgan fingerprint density at radius 2 is 1.76 bits per heavy atom. The zero-order valence-electron chi connectivity index (χ0n) is 14.6. The van der Waals surface area contributed by atoms with Crippen molar-refractivity contribution >= 4 is 10.1 Å². The topological polar surface area (TPSA) is 86.7 Å². The maximum Gasteiger partial charge on any atom is 1.00 e. The van der Waals surface area contributed by atoms with Gasteiger partial charge >= 0.3 is 29.6 Å². The van der Waals surface area contributed by atoms with Crippen molar-refractivity contribution in [1.82, 2.24) is 0 Å². The molecule has 0 bridgehead atoms. The molecule has 130 valence electrons. The molecule has 0 atom stereocenters. The van der Waals surface area contributed by atoms with E-state index in [-0.39, 0.29) is 46.0 Å². The Morgan fingerprint density at radius 1 is 1.04 bits per heavy atom. The van der Waals surface area contributed by atoms with Crippen LogP contribution in [0.5, 0.6) is 17.2 Å². The van der Waals surface area contributed by atoms with Gasteiger partial charge in [0, 0.05) is 6.07 Å². The van der Waals surface area contributed by atoms with Crippen molar-refractivity contribution in [3.63, 3.8) is 0 Å². The van der Waals surface area contributed by atoms with Crippen LogP contribution in [0.1, 0.15) is 38.2 Å². The van der Waals surface area contributed by atoms with Gasteiger partial charge in [0.2, 0.25) is 0 Å². The van der Waals surface area contributed by atoms with Crippen molar-refractivity contribution in [3.8, 4) is 17.2 Å². The summed E-state index contributed by atoms with van der Waals surface area (Å²) in [5.74, 6) is 0.721. The van der Waals surface area contributed by atoms with Crippen molar-refractivity contribution in [2.24, 2.45) is 0 Å². The molecule has 0 saturated carbocycles. The number of aryl methyl sites for hydroxylation is 1. The van der Waals surface area contributed by atoms with Crippen LogP contribution in [-0.4, -0.2) is 13.0 Å². The molecule has 2 aromatic carbocycles. The summed E-state index contributed by atoms with van der Waals surface area (Å²) in [7, 11) is -4.28. The van der Waals surface area contributed by atoms with E-state index >= 15 is 0 Å². The molecule has 0 aliphatic carbocycles. The second kappa shape index (κ2) is 10.2. The summed E-state index contributed by atoms with van der Waals surface area (Å²) >= 11 is 0. The third-order valence-corrected chi connectivity index (χ3v) is 4.52. The van der Waals surface area contributed by atoms with Crippen molar-refractivity contribution < 1.29 is 52.4 Å². The van der Waals surface area contributed by atoms with E-state index in [1.165, 1.54) is 24.3 Å². The normalized spacial score (nSPS) is 11.0. The first-order valence-electron chi connectivity index (χ1n) is 7.95. The summed E-state index contributed by atoms with van der Waals surface area (Å²) < 4.78 is 37.0. The first-order chi connectivity index (χ1) is 11.4. The molecule has 0 heterocycles. The Kier molecular flexibility index (Phi) is 8.96. The van der Waals surface area contributed by atoms with Gasteiger partial charge in [0.1, 0.15) is 11.5 Å². The number of unbranched alkanes of at least 4 members (excludes halogenated alkanes) is 3. The molecule has 5 nitrogen and oxygen atoms in total. The van der Waals surface area contributed by atoms with E-state index in [1.54, 1.807) is 18.2 Å². The largest absolute Gasteiger partial charge is 1.00 e. The van der Waals surface area contributed by atoms with E-state index < -0.39 is 10.1 Å². The summed E-state index contributed by atoms with van der Waals surface area (Å²) in [5.41, 5.74) is 0.689. The maximum absolute atomic E-state index is 11.9. The van der Waals surface area contributed by atoms with Crippen LogP contribution < -0.4 is 39.4 Å². The smallest absolute Gasteiger partial charge is 0.872 e. The van der Waals surface area contributed by atoms with Gasteiger partial charge in [-0.05, 0) is 37.1 Å². The van der Waals surface area contributed by atoms with Crippen molar-refractivity contribution in [3.05, 3.63) is 48.0 Å². The van der Waals surface area contributed by atoms with Crippen molar-refractivity contribution in [2.75, 3.05) is 0 Å². The molecule has 0 radical (unpaired) electrons. The molecule has 0 saturated heterocycles. The van der Waals surface area contributed by atoms with Crippen LogP contribution in [0.4, 0.5) is 0 Å². The molecular formula is C18H21NaO5S. The fourth-order valence-electron chi connectivity index (χ4n) is 2.39. The van der Waals surface area contributed by atoms with E-state index in [9.17, 15) is 13.5 Å². The molecule has 0 aliphatic heterocycles. The first-order valence-corrected chi connectivity index (χ1v) is 9.39. The molecule has 0 amide bonds. The van der Waals surface area contributed by atoms with E-state index in [1.807, 2.05) is 0 Å². The third-order valence-electron chi connectivity index (χ3n) is 3.67. The van der Waals surface area contributed by atoms with Gasteiger partial charge in [-0.25, -0.2) is 0 Å². The molecule has 0 unspecified atom stereocenters. The van der Waals surface area contributed by atoms with Gasteiger partial charge in [-0.2, -0.15) is 8.42 Å². The fraction of sp³-hybridized carbons (Fsp3) is 0.333. The second-order valence-electron chi connectivity index (χ2n) is 5.63. The second-order valence-corrected chi connectivity index (χ2v) is 7.05. The van der Waals surface area contributed by atoms with Crippen molar-refractivity contribution in [1.29, 1.82) is 0 Å². The van der Waals surface area contributed by atoms with Gasteiger partial charge in [0.05, 0.1) is 4.90 Å². The van der Waals surface area contributed by atoms with Crippen LogP contribution in [0, 0.1) is 0 Å². The van der Waals surface area contributed by atoms with Gasteiger partial charge in [0.25, 0.3) is 10.1 Å². The summed E-state index contributed by atoms with van der Waals surface area (Å²) in [6.45, 7) is 2.13. The predicted molar refractivity (Wildman–Crippen MR) is 90.1 cm³/mol. The summed E-state index contributed by atoms with van der Waals surface area (Å²) in [5, 5.41) is 11.9. The van der Waals surface area contributed by atoms with Gasteiger partial charge in [-0.1, -0.05) is 43.9 Å². The van der Waals surface area contributed by atoms with Crippen molar-refractivity contribution in [2.45, 2.75) is 43.9 Å². The van der Waals surface area contributed by atoms with Crippen LogP contribution in [0.2, 0.25) is 0 Å². The van der Waals surface area contributed by atoms with E-state index in [4.69, 9.17) is 9.29 Å². The monoisotopic (exact) mass is 372 g/mol. The van der Waals surface area contributed by atoms with Gasteiger partial charge < -0.3 is 9.84 Å². The van der Waals surface area contributed by atoms with E-state index in [0.29, 0.717) is 17.7 Å². The van der Waals surface area contributed by atoms with Gasteiger partial charge in [0.15, 0.2) is 0 Å². The minimum absolute atomic E-state index is 0. The Hall–Kier alpha value is -1.05. The average Bonchev–Trinajstić information content (AvgIpc) is 2.54. The van der Waals surface area contributed by atoms with Crippen LogP contribution in [-0.2, 0) is 16.5 Å². The summed E-state index contributed by atoms with van der Waals surface area (Å²) in [4.78, 5) is -0.236. The minimum atomic E-state index is -4.28. The first kappa shape index (κ1) is 22.0. The molecule has 2 aromatic rings. The average molecular weight is 372 g/mol. The molecule has 25 heavy (non-hydrogen) atoms. The summed E-state index contributed by atoms with van der Waals surface area (Å²) in [6.07, 6.45) is 5.01. The molecule has 0 aliphatic rings. The van der Waals surface area contributed by atoms with Crippen LogP contribution >= 0.6 is 0 Å². The number of benzene rings is 2. The number of rotatable bonds is 8. The minimum Gasteiger partial charge on any atom is -0.872 e. The molecule has 0 fully saturated rings. The number of ether oxygens (including phenoxy) is 1. The third kappa shape index (κ3) is 6.99. The van der Waals surface area contributed by atoms with Crippen LogP contribution in [0.3, 0.4) is 0 Å². The molecule has 0 spiro atoms. The van der Waals surface area contributed by atoms with Gasteiger partial charge in [-0.3, -0.25) is 4.55 Å². The molecule has 1 N–H and O–H groups in total. The predicted octanol–water partition coefficient (Wildman–Crippen LogP) is 0.926. The van der Waals surface area contributed by atoms with E-state index in [2.05, 4.69) is 6.92 Å². The Morgan fingerprint density at radius 3 is 2.44 bits per heavy atom. The Balaban J connectivity index is 0.00000312. The quantitative estimate of drug-likeness (QED) is 0.423. The summed E-state index contributed by atoms with van der Waals surface area (Å²) in [6, 6.07) is 10.3. The van der Waals surface area contributed by atoms with Gasteiger partial charge in [-0.15, -0.1) is 5.75 Å². The SMILES string of the molecule is CCCCCCc1cc(Oc2cccc(S(=O)(=O)O)c2)ccc1[O-].[Na+]. The number of hydrogen-bond donors (Lipinski definition) is 1. The maximum atomic E-state index is 11.9. The zero-order chi connectivity index (χ0) is 17.6. The Labute approximate surface area is 171 Å². The molecule has 7 heteroatoms.